The van der Waals surface area contributed by atoms with Gasteiger partial charge < -0.3 is 10.6 Å². The Bertz CT molecular complexity index is 883. The van der Waals surface area contributed by atoms with Gasteiger partial charge in [-0.05, 0) is 22.8 Å². The molecular formula is C24H22N2O2. The summed E-state index contributed by atoms with van der Waals surface area (Å²) in [7, 11) is 0. The topological polar surface area (TPSA) is 58.2 Å². The Morgan fingerprint density at radius 1 is 0.750 bits per heavy atom. The van der Waals surface area contributed by atoms with Gasteiger partial charge >= 0.3 is 0 Å². The summed E-state index contributed by atoms with van der Waals surface area (Å²) in [6, 6.07) is 28.8. The zero-order chi connectivity index (χ0) is 19.6. The van der Waals surface area contributed by atoms with E-state index in [1.807, 2.05) is 91.0 Å². The second-order valence-corrected chi connectivity index (χ2v) is 6.28. The van der Waals surface area contributed by atoms with E-state index in [1.54, 1.807) is 6.08 Å². The van der Waals surface area contributed by atoms with Crippen LogP contribution in [0.5, 0.6) is 0 Å². The third-order valence-electron chi connectivity index (χ3n) is 4.22. The molecular weight excluding hydrogens is 348 g/mol. The molecule has 2 N–H and O–H groups in total. The van der Waals surface area contributed by atoms with Gasteiger partial charge in [0.15, 0.2) is 0 Å². The van der Waals surface area contributed by atoms with Crippen LogP contribution in [0.15, 0.2) is 97.1 Å². The van der Waals surface area contributed by atoms with Crippen molar-refractivity contribution in [1.82, 2.24) is 10.6 Å². The lowest BCUT2D eigenvalue weighted by atomic mass is 9.99. The summed E-state index contributed by atoms with van der Waals surface area (Å²) in [4.78, 5) is 24.4. The van der Waals surface area contributed by atoms with Crippen molar-refractivity contribution in [2.75, 3.05) is 6.54 Å². The van der Waals surface area contributed by atoms with Crippen LogP contribution < -0.4 is 10.6 Å². The smallest absolute Gasteiger partial charge is 0.244 e. The third kappa shape index (κ3) is 5.68. The summed E-state index contributed by atoms with van der Waals surface area (Å²) < 4.78 is 0. The van der Waals surface area contributed by atoms with Crippen molar-refractivity contribution in [2.24, 2.45) is 0 Å². The highest BCUT2D eigenvalue weighted by Crippen LogP contribution is 2.21. The molecule has 0 aliphatic rings. The van der Waals surface area contributed by atoms with E-state index in [-0.39, 0.29) is 24.4 Å². The van der Waals surface area contributed by atoms with E-state index in [2.05, 4.69) is 10.6 Å². The molecule has 0 aliphatic heterocycles. The molecule has 3 rings (SSSR count). The number of benzene rings is 3. The Labute approximate surface area is 164 Å². The molecule has 4 heteroatoms. The molecule has 0 bridgehead atoms. The van der Waals surface area contributed by atoms with Crippen LogP contribution in [0.4, 0.5) is 0 Å². The average molecular weight is 370 g/mol. The molecule has 28 heavy (non-hydrogen) atoms. The summed E-state index contributed by atoms with van der Waals surface area (Å²) in [6.45, 7) is -0.0892. The fraction of sp³-hybridized carbons (Fsp3) is 0.0833. The Balaban J connectivity index is 1.60. The number of nitrogens with one attached hydrogen (secondary N) is 2. The van der Waals surface area contributed by atoms with Crippen molar-refractivity contribution in [3.8, 4) is 0 Å². The van der Waals surface area contributed by atoms with Crippen molar-refractivity contribution in [1.29, 1.82) is 0 Å². The SMILES string of the molecule is O=C(/C=C/c1ccccc1)NCC(=O)NC(c1ccccc1)c1ccccc1. The van der Waals surface area contributed by atoms with Crippen LogP contribution in [0.25, 0.3) is 6.08 Å². The minimum Gasteiger partial charge on any atom is -0.344 e. The molecule has 0 atom stereocenters. The molecule has 0 heterocycles. The molecule has 2 amide bonds. The summed E-state index contributed by atoms with van der Waals surface area (Å²) in [5.41, 5.74) is 2.89. The molecule has 0 aromatic heterocycles. The largest absolute Gasteiger partial charge is 0.344 e. The minimum atomic E-state index is -0.310. The van der Waals surface area contributed by atoms with Crippen LogP contribution in [0.1, 0.15) is 22.7 Å². The number of rotatable bonds is 7. The van der Waals surface area contributed by atoms with Gasteiger partial charge in [-0.1, -0.05) is 91.0 Å². The average Bonchev–Trinajstić information content (AvgIpc) is 2.76. The summed E-state index contributed by atoms with van der Waals surface area (Å²) in [6.07, 6.45) is 3.14. The van der Waals surface area contributed by atoms with Gasteiger partial charge in [-0.25, -0.2) is 0 Å². The van der Waals surface area contributed by atoms with Crippen molar-refractivity contribution in [3.05, 3.63) is 114 Å². The third-order valence-corrected chi connectivity index (χ3v) is 4.22. The van der Waals surface area contributed by atoms with Crippen LogP contribution >= 0.6 is 0 Å². The van der Waals surface area contributed by atoms with Crippen molar-refractivity contribution >= 4 is 17.9 Å². The molecule has 0 fully saturated rings. The van der Waals surface area contributed by atoms with Crippen LogP contribution in [0.2, 0.25) is 0 Å². The van der Waals surface area contributed by atoms with Crippen molar-refractivity contribution in [2.45, 2.75) is 6.04 Å². The second kappa shape index (κ2) is 9.88. The van der Waals surface area contributed by atoms with Gasteiger partial charge in [0.2, 0.25) is 11.8 Å². The van der Waals surface area contributed by atoms with E-state index in [4.69, 9.17) is 0 Å². The Morgan fingerprint density at radius 2 is 1.25 bits per heavy atom. The fourth-order valence-corrected chi connectivity index (χ4v) is 2.82. The number of carbonyl (C=O) groups is 2. The molecule has 4 nitrogen and oxygen atoms in total. The maximum Gasteiger partial charge on any atom is 0.244 e. The predicted molar refractivity (Wildman–Crippen MR) is 111 cm³/mol. The van der Waals surface area contributed by atoms with Crippen LogP contribution in [0, 0.1) is 0 Å². The lowest BCUT2D eigenvalue weighted by Crippen LogP contribution is -2.38. The maximum atomic E-state index is 12.4. The second-order valence-electron chi connectivity index (χ2n) is 6.28. The molecule has 0 unspecified atom stereocenters. The highest BCUT2D eigenvalue weighted by molar-refractivity contribution is 5.94. The maximum absolute atomic E-state index is 12.4. The number of carbonyl (C=O) groups excluding carboxylic acids is 2. The standard InChI is InChI=1S/C24H22N2O2/c27-22(17-16-19-10-4-1-5-11-19)25-18-23(28)26-24(20-12-6-2-7-13-20)21-14-8-3-9-15-21/h1-17,24H,18H2,(H,25,27)(H,26,28)/b17-16+. The first kappa shape index (κ1) is 19.1. The van der Waals surface area contributed by atoms with E-state index < -0.39 is 0 Å². The van der Waals surface area contributed by atoms with E-state index in [0.29, 0.717) is 0 Å². The fourth-order valence-electron chi connectivity index (χ4n) is 2.82. The van der Waals surface area contributed by atoms with Crippen LogP contribution in [0.3, 0.4) is 0 Å². The van der Waals surface area contributed by atoms with Gasteiger partial charge in [-0.3, -0.25) is 9.59 Å². The molecule has 0 aliphatic carbocycles. The summed E-state index contributed by atoms with van der Waals surface area (Å²) >= 11 is 0. The van der Waals surface area contributed by atoms with E-state index >= 15 is 0 Å². The van der Waals surface area contributed by atoms with Gasteiger partial charge in [0.1, 0.15) is 0 Å². The van der Waals surface area contributed by atoms with Gasteiger partial charge in [-0.2, -0.15) is 0 Å². The Morgan fingerprint density at radius 3 is 1.79 bits per heavy atom. The van der Waals surface area contributed by atoms with Gasteiger partial charge in [0.05, 0.1) is 12.6 Å². The molecule has 0 saturated carbocycles. The summed E-state index contributed by atoms with van der Waals surface area (Å²) in [5, 5.41) is 5.62. The van der Waals surface area contributed by atoms with Gasteiger partial charge in [-0.15, -0.1) is 0 Å². The van der Waals surface area contributed by atoms with E-state index in [0.717, 1.165) is 16.7 Å². The lowest BCUT2D eigenvalue weighted by molar-refractivity contribution is -0.124. The predicted octanol–water partition coefficient (Wildman–Crippen LogP) is 3.72. The number of hydrogen-bond acceptors (Lipinski definition) is 2. The molecule has 0 spiro atoms. The first-order chi connectivity index (χ1) is 13.7. The molecule has 3 aromatic carbocycles. The van der Waals surface area contributed by atoms with E-state index in [1.165, 1.54) is 6.08 Å². The normalized spacial score (nSPS) is 10.8. The minimum absolute atomic E-state index is 0.0892. The van der Waals surface area contributed by atoms with Crippen LogP contribution in [-0.2, 0) is 9.59 Å². The molecule has 3 aromatic rings. The number of amides is 2. The van der Waals surface area contributed by atoms with Crippen molar-refractivity contribution in [3.63, 3.8) is 0 Å². The quantitative estimate of drug-likeness (QED) is 0.623. The van der Waals surface area contributed by atoms with Gasteiger partial charge in [0, 0.05) is 6.08 Å². The van der Waals surface area contributed by atoms with Gasteiger partial charge in [0.25, 0.3) is 0 Å². The van der Waals surface area contributed by atoms with Crippen molar-refractivity contribution < 1.29 is 9.59 Å². The highest BCUT2D eigenvalue weighted by Gasteiger charge is 2.16. The molecule has 0 saturated heterocycles. The Hall–Kier alpha value is -3.66. The monoisotopic (exact) mass is 370 g/mol. The van der Waals surface area contributed by atoms with E-state index in [9.17, 15) is 9.59 Å². The highest BCUT2D eigenvalue weighted by atomic mass is 16.2. The first-order valence-corrected chi connectivity index (χ1v) is 9.12. The van der Waals surface area contributed by atoms with Crippen LogP contribution in [-0.4, -0.2) is 18.4 Å². The summed E-state index contributed by atoms with van der Waals surface area (Å²) in [5.74, 6) is -0.561. The lowest BCUT2D eigenvalue weighted by Gasteiger charge is -2.20. The zero-order valence-corrected chi connectivity index (χ0v) is 15.4. The molecule has 0 radical (unpaired) electrons. The first-order valence-electron chi connectivity index (χ1n) is 9.12. The molecule has 140 valence electrons. The number of hydrogen-bond donors (Lipinski definition) is 2. The zero-order valence-electron chi connectivity index (χ0n) is 15.4. The Kier molecular flexibility index (Phi) is 6.74.